The number of hydrogen-bond donors (Lipinski definition) is 0. The zero-order valence-corrected chi connectivity index (χ0v) is 10.6. The van der Waals surface area contributed by atoms with Crippen LogP contribution in [0.5, 0.6) is 0 Å². The van der Waals surface area contributed by atoms with Crippen molar-refractivity contribution in [3.8, 4) is 6.07 Å². The van der Waals surface area contributed by atoms with E-state index in [2.05, 4.69) is 30.0 Å². The van der Waals surface area contributed by atoms with E-state index in [9.17, 15) is 5.26 Å². The van der Waals surface area contributed by atoms with Crippen LogP contribution >= 0.6 is 0 Å². The highest BCUT2D eigenvalue weighted by atomic mass is 15.2. The number of nitrogens with zero attached hydrogens (tertiary/aromatic N) is 2. The number of rotatable bonds is 1. The van der Waals surface area contributed by atoms with E-state index in [1.807, 2.05) is 24.3 Å². The summed E-state index contributed by atoms with van der Waals surface area (Å²) in [6, 6.07) is 15.1. The van der Waals surface area contributed by atoms with Gasteiger partial charge >= 0.3 is 0 Å². The third-order valence-electron chi connectivity index (χ3n) is 3.88. The Balaban J connectivity index is 2.22. The Morgan fingerprint density at radius 1 is 1.17 bits per heavy atom. The lowest BCUT2D eigenvalue weighted by Gasteiger charge is -2.25. The number of benzene rings is 2. The van der Waals surface area contributed by atoms with Gasteiger partial charge in [0.15, 0.2) is 0 Å². The Kier molecular flexibility index (Phi) is 2.68. The number of nitriles is 1. The fourth-order valence-corrected chi connectivity index (χ4v) is 2.92. The second kappa shape index (κ2) is 4.34. The molecular formula is C16H16N2. The molecule has 0 spiro atoms. The van der Waals surface area contributed by atoms with Crippen LogP contribution in [0.1, 0.15) is 25.3 Å². The van der Waals surface area contributed by atoms with Crippen molar-refractivity contribution in [2.45, 2.75) is 25.8 Å². The van der Waals surface area contributed by atoms with E-state index >= 15 is 0 Å². The van der Waals surface area contributed by atoms with Crippen molar-refractivity contribution in [3.63, 3.8) is 0 Å². The van der Waals surface area contributed by atoms with E-state index in [4.69, 9.17) is 0 Å². The maximum Gasteiger partial charge on any atom is 0.0998 e. The van der Waals surface area contributed by atoms with Crippen molar-refractivity contribution in [2.75, 3.05) is 11.4 Å². The van der Waals surface area contributed by atoms with E-state index in [1.54, 1.807) is 0 Å². The van der Waals surface area contributed by atoms with Gasteiger partial charge in [-0.25, -0.2) is 0 Å². The van der Waals surface area contributed by atoms with Crippen molar-refractivity contribution in [3.05, 3.63) is 42.0 Å². The first kappa shape index (κ1) is 11.1. The second-order valence-electron chi connectivity index (χ2n) is 4.97. The largest absolute Gasteiger partial charge is 0.368 e. The highest BCUT2D eigenvalue weighted by Gasteiger charge is 2.22. The minimum Gasteiger partial charge on any atom is -0.368 e. The van der Waals surface area contributed by atoms with Crippen LogP contribution in [0.15, 0.2) is 36.4 Å². The first-order chi connectivity index (χ1) is 8.81. The molecule has 0 unspecified atom stereocenters. The topological polar surface area (TPSA) is 27.0 Å². The summed E-state index contributed by atoms with van der Waals surface area (Å²) in [5.74, 6) is 0. The molecule has 0 aliphatic carbocycles. The summed E-state index contributed by atoms with van der Waals surface area (Å²) in [5.41, 5.74) is 2.04. The van der Waals surface area contributed by atoms with E-state index in [0.29, 0.717) is 6.04 Å². The molecule has 1 saturated heterocycles. The molecule has 0 N–H and O–H groups in total. The average molecular weight is 236 g/mol. The van der Waals surface area contributed by atoms with Gasteiger partial charge in [0.2, 0.25) is 0 Å². The molecular weight excluding hydrogens is 220 g/mol. The number of hydrogen-bond acceptors (Lipinski definition) is 2. The molecule has 2 nitrogen and oxygen atoms in total. The minimum atomic E-state index is 0.598. The lowest BCUT2D eigenvalue weighted by molar-refractivity contribution is 0.737. The van der Waals surface area contributed by atoms with Gasteiger partial charge in [-0.05, 0) is 31.9 Å². The fraction of sp³-hybridized carbons (Fsp3) is 0.312. The van der Waals surface area contributed by atoms with E-state index in [-0.39, 0.29) is 0 Å². The van der Waals surface area contributed by atoms with E-state index < -0.39 is 0 Å². The van der Waals surface area contributed by atoms with Gasteiger partial charge in [0.1, 0.15) is 0 Å². The fourth-order valence-electron chi connectivity index (χ4n) is 2.92. The second-order valence-corrected chi connectivity index (χ2v) is 4.97. The van der Waals surface area contributed by atoms with Crippen molar-refractivity contribution in [1.82, 2.24) is 0 Å². The van der Waals surface area contributed by atoms with Crippen LogP contribution in [0, 0.1) is 11.3 Å². The standard InChI is InChI=1S/C16H16N2/c1-12-5-4-10-18(12)16-9-8-13(11-17)14-6-2-3-7-15(14)16/h2-3,6-9,12H,4-5,10H2,1H3/t12-/m0/s1. The van der Waals surface area contributed by atoms with E-state index in [1.165, 1.54) is 23.9 Å². The maximum absolute atomic E-state index is 9.18. The molecule has 2 aromatic carbocycles. The lowest BCUT2D eigenvalue weighted by Crippen LogP contribution is -2.26. The summed E-state index contributed by atoms with van der Waals surface area (Å²) in [4.78, 5) is 2.46. The van der Waals surface area contributed by atoms with Crippen molar-refractivity contribution in [2.24, 2.45) is 0 Å². The van der Waals surface area contributed by atoms with Gasteiger partial charge in [-0.3, -0.25) is 0 Å². The third kappa shape index (κ3) is 1.64. The molecule has 0 saturated carbocycles. The van der Waals surface area contributed by atoms with Crippen LogP contribution in [0.25, 0.3) is 10.8 Å². The van der Waals surface area contributed by atoms with Crippen molar-refractivity contribution >= 4 is 16.5 Å². The zero-order chi connectivity index (χ0) is 12.5. The molecule has 90 valence electrons. The molecule has 2 heteroatoms. The molecule has 0 aromatic heterocycles. The minimum absolute atomic E-state index is 0.598. The highest BCUT2D eigenvalue weighted by molar-refractivity contribution is 5.98. The number of anilines is 1. The van der Waals surface area contributed by atoms with Gasteiger partial charge in [0.25, 0.3) is 0 Å². The summed E-state index contributed by atoms with van der Waals surface area (Å²) >= 11 is 0. The Morgan fingerprint density at radius 2 is 1.94 bits per heavy atom. The molecule has 0 amide bonds. The van der Waals surface area contributed by atoms with Gasteiger partial charge in [-0.15, -0.1) is 0 Å². The molecule has 0 bridgehead atoms. The molecule has 3 rings (SSSR count). The first-order valence-electron chi connectivity index (χ1n) is 6.50. The van der Waals surface area contributed by atoms with E-state index in [0.717, 1.165) is 17.5 Å². The molecule has 1 fully saturated rings. The smallest absolute Gasteiger partial charge is 0.0998 e. The summed E-state index contributed by atoms with van der Waals surface area (Å²) in [5, 5.41) is 11.4. The zero-order valence-electron chi connectivity index (χ0n) is 10.6. The number of fused-ring (bicyclic) bond motifs is 1. The van der Waals surface area contributed by atoms with Crippen LogP contribution in [-0.2, 0) is 0 Å². The Morgan fingerprint density at radius 3 is 2.61 bits per heavy atom. The monoisotopic (exact) mass is 236 g/mol. The highest BCUT2D eigenvalue weighted by Crippen LogP contribution is 2.33. The predicted molar refractivity (Wildman–Crippen MR) is 74.7 cm³/mol. The Hall–Kier alpha value is -2.01. The molecule has 1 aliphatic heterocycles. The van der Waals surface area contributed by atoms with Gasteiger partial charge in [-0.2, -0.15) is 5.26 Å². The molecule has 1 aliphatic rings. The quantitative estimate of drug-likeness (QED) is 0.755. The van der Waals surface area contributed by atoms with Crippen LogP contribution in [0.4, 0.5) is 5.69 Å². The normalized spacial score (nSPS) is 19.1. The molecule has 0 radical (unpaired) electrons. The van der Waals surface area contributed by atoms with Crippen LogP contribution < -0.4 is 4.90 Å². The van der Waals surface area contributed by atoms with Crippen molar-refractivity contribution < 1.29 is 0 Å². The first-order valence-corrected chi connectivity index (χ1v) is 6.50. The summed E-state index contributed by atoms with van der Waals surface area (Å²) in [6.45, 7) is 3.40. The van der Waals surface area contributed by atoms with Gasteiger partial charge in [-0.1, -0.05) is 24.3 Å². The maximum atomic E-state index is 9.18. The van der Waals surface area contributed by atoms with Crippen LogP contribution in [-0.4, -0.2) is 12.6 Å². The van der Waals surface area contributed by atoms with Gasteiger partial charge in [0.05, 0.1) is 11.6 Å². The molecule has 1 heterocycles. The SMILES string of the molecule is C[C@H]1CCCN1c1ccc(C#N)c2ccccc12. The third-order valence-corrected chi connectivity index (χ3v) is 3.88. The Labute approximate surface area is 107 Å². The van der Waals surface area contributed by atoms with Crippen LogP contribution in [0.3, 0.4) is 0 Å². The van der Waals surface area contributed by atoms with Gasteiger partial charge in [0, 0.05) is 29.0 Å². The predicted octanol–water partition coefficient (Wildman–Crippen LogP) is 3.70. The summed E-state index contributed by atoms with van der Waals surface area (Å²) in [6.07, 6.45) is 2.52. The summed E-state index contributed by atoms with van der Waals surface area (Å²) < 4.78 is 0. The molecule has 18 heavy (non-hydrogen) atoms. The summed E-state index contributed by atoms with van der Waals surface area (Å²) in [7, 11) is 0. The molecule has 2 aromatic rings. The molecule has 1 atom stereocenters. The Bertz CT molecular complexity index is 625. The van der Waals surface area contributed by atoms with Crippen LogP contribution in [0.2, 0.25) is 0 Å². The van der Waals surface area contributed by atoms with Crippen molar-refractivity contribution in [1.29, 1.82) is 5.26 Å². The average Bonchev–Trinajstić information content (AvgIpc) is 2.83. The van der Waals surface area contributed by atoms with Gasteiger partial charge < -0.3 is 4.90 Å². The lowest BCUT2D eigenvalue weighted by atomic mass is 10.0.